The summed E-state index contributed by atoms with van der Waals surface area (Å²) >= 11 is 18.5. The first-order valence-corrected chi connectivity index (χ1v) is 14.8. The van der Waals surface area contributed by atoms with E-state index in [0.29, 0.717) is 11.3 Å². The van der Waals surface area contributed by atoms with Gasteiger partial charge < -0.3 is 34.1 Å². The fourth-order valence-electron chi connectivity index (χ4n) is 3.44. The van der Waals surface area contributed by atoms with Gasteiger partial charge in [0.1, 0.15) is 24.0 Å². The van der Waals surface area contributed by atoms with Gasteiger partial charge in [0.15, 0.2) is 16.8 Å². The molecule has 0 saturated carbocycles. The zero-order valence-corrected chi connectivity index (χ0v) is 23.8. The first kappa shape index (κ1) is 30.1. The molecule has 1 aromatic rings. The summed E-state index contributed by atoms with van der Waals surface area (Å²) in [4.78, 5) is 25.9. The fraction of sp³-hybridized carbons (Fsp3) is 0.545. The van der Waals surface area contributed by atoms with Gasteiger partial charge in [-0.1, -0.05) is 41.4 Å². The molecule has 37 heavy (non-hydrogen) atoms. The topological polar surface area (TPSA) is 139 Å². The van der Waals surface area contributed by atoms with Crippen LogP contribution >= 0.6 is 29.8 Å². The quantitative estimate of drug-likeness (QED) is 0.181. The van der Waals surface area contributed by atoms with Crippen molar-refractivity contribution in [3.8, 4) is 5.75 Å². The summed E-state index contributed by atoms with van der Waals surface area (Å²) in [7, 11) is 0. The van der Waals surface area contributed by atoms with E-state index in [2.05, 4.69) is 10.4 Å². The largest absolute Gasteiger partial charge is 0.462 e. The number of nitrogens with zero attached hydrogens (tertiary/aromatic N) is 1. The minimum atomic E-state index is -3.43. The van der Waals surface area contributed by atoms with Crippen molar-refractivity contribution in [3.05, 3.63) is 42.1 Å². The number of rotatable bonds is 10. The molecule has 0 aliphatic carbocycles. The molecule has 1 saturated heterocycles. The van der Waals surface area contributed by atoms with E-state index in [-0.39, 0.29) is 12.7 Å². The summed E-state index contributed by atoms with van der Waals surface area (Å²) in [5.74, 6) is -0.163. The molecule has 206 valence electrons. The molecule has 0 bridgehead atoms. The van der Waals surface area contributed by atoms with Crippen LogP contribution in [0.25, 0.3) is 0 Å². The van der Waals surface area contributed by atoms with Crippen molar-refractivity contribution in [1.29, 1.82) is 0 Å². The average molecular weight is 598 g/mol. The molecule has 2 aliphatic rings. The second-order valence-electron chi connectivity index (χ2n) is 8.81. The van der Waals surface area contributed by atoms with Crippen LogP contribution in [0.15, 0.2) is 42.1 Å². The number of carbonyl (C=O) groups excluding carboxylic acids is 2. The van der Waals surface area contributed by atoms with Crippen LogP contribution in [0.5, 0.6) is 5.75 Å². The summed E-state index contributed by atoms with van der Waals surface area (Å²) in [6.07, 6.45) is -4.13. The van der Waals surface area contributed by atoms with Crippen LogP contribution in [0, 0.1) is 0 Å². The number of aliphatic hydroxyl groups excluding tert-OH is 2. The molecule has 2 amide bonds. The number of halogens is 2. The van der Waals surface area contributed by atoms with Gasteiger partial charge in [0.2, 0.25) is 0 Å². The van der Waals surface area contributed by atoms with Gasteiger partial charge in [-0.15, -0.1) is 0 Å². The van der Waals surface area contributed by atoms with Crippen LogP contribution in [0.1, 0.15) is 27.7 Å². The number of hydrogen-bond donors (Lipinski definition) is 4. The summed E-state index contributed by atoms with van der Waals surface area (Å²) in [6.45, 7) is 2.81. The lowest BCUT2D eigenvalue weighted by Crippen LogP contribution is -2.55. The predicted octanol–water partition coefficient (Wildman–Crippen LogP) is 2.74. The van der Waals surface area contributed by atoms with E-state index in [1.54, 1.807) is 58.0 Å². The molecule has 4 N–H and O–H groups in total. The molecule has 11 nitrogen and oxygen atoms in total. The lowest BCUT2D eigenvalue weighted by molar-refractivity contribution is -0.149. The zero-order valence-electron chi connectivity index (χ0n) is 20.5. The molecule has 2 heterocycles. The Kier molecular flexibility index (Phi) is 9.87. The van der Waals surface area contributed by atoms with Crippen LogP contribution in [-0.2, 0) is 30.6 Å². The number of aliphatic hydroxyl groups is 2. The second kappa shape index (κ2) is 12.1. The summed E-state index contributed by atoms with van der Waals surface area (Å²) in [6, 6.07) is 7.01. The van der Waals surface area contributed by atoms with E-state index in [9.17, 15) is 19.8 Å². The maximum Gasteiger partial charge on any atom is 0.325 e. The van der Waals surface area contributed by atoms with Gasteiger partial charge in [-0.2, -0.15) is 0 Å². The minimum absolute atomic E-state index is 0.337. The highest BCUT2D eigenvalue weighted by atomic mass is 35.5. The van der Waals surface area contributed by atoms with Crippen LogP contribution < -0.4 is 14.9 Å². The molecule has 0 aromatic heterocycles. The van der Waals surface area contributed by atoms with Crippen molar-refractivity contribution < 1.29 is 38.3 Å². The van der Waals surface area contributed by atoms with Crippen molar-refractivity contribution in [2.45, 2.75) is 68.8 Å². The van der Waals surface area contributed by atoms with Gasteiger partial charge in [-0.05, 0) is 57.2 Å². The Balaban J connectivity index is 1.77. The van der Waals surface area contributed by atoms with Gasteiger partial charge in [0, 0.05) is 6.20 Å². The van der Waals surface area contributed by atoms with Gasteiger partial charge >= 0.3 is 18.6 Å². The normalized spacial score (nSPS) is 27.8. The van der Waals surface area contributed by atoms with Crippen molar-refractivity contribution in [3.63, 3.8) is 0 Å². The third-order valence-electron chi connectivity index (χ3n) is 5.34. The molecule has 1 fully saturated rings. The van der Waals surface area contributed by atoms with Crippen molar-refractivity contribution >= 4 is 53.7 Å². The number of nitrogens with one attached hydrogen (secondary N) is 2. The van der Waals surface area contributed by atoms with Gasteiger partial charge in [-0.3, -0.25) is 9.69 Å². The molecular formula is C22H30Cl2N3O8PS. The first-order valence-electron chi connectivity index (χ1n) is 11.4. The minimum Gasteiger partial charge on any atom is -0.462 e. The molecule has 15 heteroatoms. The Bertz CT molecular complexity index is 1060. The highest BCUT2D eigenvalue weighted by Crippen LogP contribution is 2.48. The van der Waals surface area contributed by atoms with Gasteiger partial charge in [0.25, 0.3) is 0 Å². The number of esters is 1. The lowest BCUT2D eigenvalue weighted by atomic mass is 10.1. The number of para-hydroxylation sites is 1. The molecule has 3 rings (SSSR count). The zero-order chi connectivity index (χ0) is 27.5. The van der Waals surface area contributed by atoms with Crippen LogP contribution in [0.3, 0.4) is 0 Å². The maximum absolute atomic E-state index is 12.4. The average Bonchev–Trinajstić information content (AvgIpc) is 3.03. The second-order valence-corrected chi connectivity index (χ2v) is 13.4. The molecule has 2 aliphatic heterocycles. The van der Waals surface area contributed by atoms with E-state index in [0.717, 1.165) is 4.90 Å². The Morgan fingerprint density at radius 3 is 2.57 bits per heavy atom. The maximum atomic E-state index is 12.4. The number of carbonyl (C=O) groups is 2. The highest BCUT2D eigenvalue weighted by Gasteiger charge is 2.58. The predicted molar refractivity (Wildman–Crippen MR) is 140 cm³/mol. The molecule has 0 radical (unpaired) electrons. The Labute approximate surface area is 230 Å². The molecule has 2 unspecified atom stereocenters. The summed E-state index contributed by atoms with van der Waals surface area (Å²) < 4.78 is 21.0. The number of alkyl halides is 2. The van der Waals surface area contributed by atoms with E-state index >= 15 is 0 Å². The Hall–Kier alpha value is -1.47. The van der Waals surface area contributed by atoms with Crippen LogP contribution in [0.2, 0.25) is 0 Å². The number of hydrogen-bond acceptors (Lipinski definition) is 9. The molecule has 0 spiro atoms. The highest BCUT2D eigenvalue weighted by molar-refractivity contribution is 8.09. The number of ether oxygens (including phenoxy) is 2. The SMILES string of the molecule is CC1=CN([C@@H]2O[C@H](COP(=S)(N[C@H](C)C(=O)OC(C)C)Oc3ccccc3)[C@@H](O)C2(Cl)Cl)C(=O)NC1O. The van der Waals surface area contributed by atoms with Crippen molar-refractivity contribution in [2.24, 2.45) is 0 Å². The monoisotopic (exact) mass is 597 g/mol. The van der Waals surface area contributed by atoms with Crippen LogP contribution in [0.4, 0.5) is 4.79 Å². The van der Waals surface area contributed by atoms with E-state index in [4.69, 9.17) is 53.5 Å². The lowest BCUT2D eigenvalue weighted by Gasteiger charge is -2.35. The van der Waals surface area contributed by atoms with Gasteiger partial charge in [0.05, 0.1) is 12.7 Å². The van der Waals surface area contributed by atoms with Crippen molar-refractivity contribution in [2.75, 3.05) is 6.61 Å². The number of amides is 2. The summed E-state index contributed by atoms with van der Waals surface area (Å²) in [5.41, 5.74) is 0.403. The Morgan fingerprint density at radius 1 is 1.30 bits per heavy atom. The standard InChI is InChI=1S/C22H30Cl2N3O8PS/c1-12(2)33-19(30)14(4)26-36(37,35-15-8-6-5-7-9-15)32-11-16-17(28)22(23,24)20(34-16)27-10-13(3)18(29)25-21(27)31/h5-10,12,14,16-18,20,28-29H,11H2,1-4H3,(H,25,31)(H,26,37)/t14-,16-,17-,18?,20-,36?/m1/s1. The Morgan fingerprint density at radius 2 is 1.95 bits per heavy atom. The van der Waals surface area contributed by atoms with E-state index < -0.39 is 53.7 Å². The van der Waals surface area contributed by atoms with Crippen LogP contribution in [-0.4, -0.2) is 74.9 Å². The fourth-order valence-corrected chi connectivity index (χ4v) is 6.45. The molecular weight excluding hydrogens is 568 g/mol. The third kappa shape index (κ3) is 7.35. The van der Waals surface area contributed by atoms with Gasteiger partial charge in [-0.25, -0.2) is 9.88 Å². The third-order valence-corrected chi connectivity index (χ3v) is 8.66. The number of benzene rings is 1. The molecule has 1 aromatic carbocycles. The van der Waals surface area contributed by atoms with E-state index in [1.807, 2.05) is 0 Å². The smallest absolute Gasteiger partial charge is 0.325 e. The van der Waals surface area contributed by atoms with E-state index in [1.165, 1.54) is 6.20 Å². The first-order chi connectivity index (χ1) is 17.2. The number of urea groups is 1. The molecule has 6 atom stereocenters. The van der Waals surface area contributed by atoms with Crippen molar-refractivity contribution in [1.82, 2.24) is 15.3 Å². The summed E-state index contributed by atoms with van der Waals surface area (Å²) in [5, 5.41) is 25.9.